The summed E-state index contributed by atoms with van der Waals surface area (Å²) in [7, 11) is 1.95. The molecule has 0 bridgehead atoms. The molecule has 1 amide bonds. The fourth-order valence-electron chi connectivity index (χ4n) is 2.46. The Hall–Kier alpha value is -2.99. The highest BCUT2D eigenvalue weighted by Gasteiger charge is 2.18. The van der Waals surface area contributed by atoms with E-state index >= 15 is 0 Å². The van der Waals surface area contributed by atoms with Crippen LogP contribution in [-0.4, -0.2) is 29.7 Å². The lowest BCUT2D eigenvalue weighted by atomic mass is 10.2. The Morgan fingerprint density at radius 3 is 2.71 bits per heavy atom. The monoisotopic (exact) mass is 324 g/mol. The molecule has 0 radical (unpaired) electrons. The number of hydrazine groups is 2. The lowest BCUT2D eigenvalue weighted by Gasteiger charge is -2.21. The predicted octanol–water partition coefficient (Wildman–Crippen LogP) is 2.65. The maximum absolute atomic E-state index is 11.1. The van der Waals surface area contributed by atoms with Crippen LogP contribution in [-0.2, 0) is 4.79 Å². The summed E-state index contributed by atoms with van der Waals surface area (Å²) in [6, 6.07) is 17.5. The minimum atomic E-state index is -0.106. The molecule has 6 heteroatoms. The van der Waals surface area contributed by atoms with E-state index in [2.05, 4.69) is 23.0 Å². The van der Waals surface area contributed by atoms with Crippen molar-refractivity contribution < 1.29 is 9.53 Å². The molecule has 0 saturated carbocycles. The van der Waals surface area contributed by atoms with Crippen molar-refractivity contribution in [2.75, 3.05) is 19.1 Å². The van der Waals surface area contributed by atoms with Crippen molar-refractivity contribution in [2.24, 2.45) is 0 Å². The van der Waals surface area contributed by atoms with Gasteiger partial charge in [-0.1, -0.05) is 36.4 Å². The summed E-state index contributed by atoms with van der Waals surface area (Å²) in [5.74, 6) is 0.581. The molecule has 24 heavy (non-hydrogen) atoms. The Balaban J connectivity index is 1.63. The molecule has 0 aliphatic carbocycles. The number of hydrogen-bond donors (Lipinski definition) is 2. The van der Waals surface area contributed by atoms with Gasteiger partial charge in [-0.25, -0.2) is 0 Å². The first-order valence-corrected chi connectivity index (χ1v) is 7.66. The maximum Gasteiger partial charge on any atom is 0.221 e. The Bertz CT molecular complexity index is 746. The number of benzene rings is 2. The van der Waals surface area contributed by atoms with Crippen molar-refractivity contribution in [3.05, 3.63) is 66.4 Å². The van der Waals surface area contributed by atoms with Crippen molar-refractivity contribution in [1.29, 1.82) is 0 Å². The van der Waals surface area contributed by atoms with Crippen LogP contribution < -0.4 is 15.6 Å². The Morgan fingerprint density at radius 2 is 1.96 bits per heavy atom. The van der Waals surface area contributed by atoms with Crippen LogP contribution in [0.4, 0.5) is 5.69 Å². The van der Waals surface area contributed by atoms with Gasteiger partial charge in [0.15, 0.2) is 6.73 Å². The predicted molar refractivity (Wildman–Crippen MR) is 93.4 cm³/mol. The molecule has 6 nitrogen and oxygen atoms in total. The zero-order valence-electron chi connectivity index (χ0n) is 13.7. The van der Waals surface area contributed by atoms with E-state index in [9.17, 15) is 4.79 Å². The maximum atomic E-state index is 11.1. The molecule has 0 atom stereocenters. The average molecular weight is 324 g/mol. The number of nitrogens with one attached hydrogen (secondary N) is 2. The number of hydrogen-bond acceptors (Lipinski definition) is 5. The molecule has 3 rings (SSSR count). The van der Waals surface area contributed by atoms with E-state index in [1.165, 1.54) is 6.92 Å². The molecular formula is C18H20N4O2. The fraction of sp³-hybridized carbons (Fsp3) is 0.167. The summed E-state index contributed by atoms with van der Waals surface area (Å²) < 4.78 is 5.79. The quantitative estimate of drug-likeness (QED) is 0.885. The van der Waals surface area contributed by atoms with Crippen molar-refractivity contribution in [3.63, 3.8) is 0 Å². The fourth-order valence-corrected chi connectivity index (χ4v) is 2.46. The van der Waals surface area contributed by atoms with Crippen molar-refractivity contribution >= 4 is 17.3 Å². The summed E-state index contributed by atoms with van der Waals surface area (Å²) in [5, 5.41) is 6.53. The van der Waals surface area contributed by atoms with Gasteiger partial charge in [-0.15, -0.1) is 5.53 Å². The SMILES string of the molecule is CC(=O)Nc1cccc(OCN2C=C(c3ccccc3)N(C)N2)c1. The summed E-state index contributed by atoms with van der Waals surface area (Å²) >= 11 is 0. The largest absolute Gasteiger partial charge is 0.472 e. The van der Waals surface area contributed by atoms with Gasteiger partial charge in [0.25, 0.3) is 0 Å². The number of rotatable bonds is 5. The Morgan fingerprint density at radius 1 is 1.17 bits per heavy atom. The van der Waals surface area contributed by atoms with Gasteiger partial charge in [-0.2, -0.15) is 0 Å². The van der Waals surface area contributed by atoms with E-state index in [-0.39, 0.29) is 5.91 Å². The smallest absolute Gasteiger partial charge is 0.221 e. The molecule has 0 saturated heterocycles. The summed E-state index contributed by atoms with van der Waals surface area (Å²) in [6.07, 6.45) is 1.99. The third kappa shape index (κ3) is 3.85. The molecule has 1 aliphatic heterocycles. The van der Waals surface area contributed by atoms with Gasteiger partial charge in [-0.05, 0) is 12.1 Å². The molecule has 0 fully saturated rings. The second-order valence-corrected chi connectivity index (χ2v) is 5.49. The van der Waals surface area contributed by atoms with E-state index in [0.717, 1.165) is 11.3 Å². The van der Waals surface area contributed by atoms with Gasteiger partial charge >= 0.3 is 0 Å². The number of ether oxygens (including phenoxy) is 1. The highest BCUT2D eigenvalue weighted by atomic mass is 16.5. The van der Waals surface area contributed by atoms with E-state index in [1.807, 2.05) is 59.7 Å². The van der Waals surface area contributed by atoms with Gasteiger partial charge in [0.1, 0.15) is 5.75 Å². The van der Waals surface area contributed by atoms with Gasteiger partial charge in [-0.3, -0.25) is 14.8 Å². The van der Waals surface area contributed by atoms with Crippen molar-refractivity contribution in [2.45, 2.75) is 6.92 Å². The molecule has 2 aromatic carbocycles. The second-order valence-electron chi connectivity index (χ2n) is 5.49. The third-order valence-corrected chi connectivity index (χ3v) is 3.51. The summed E-state index contributed by atoms with van der Waals surface area (Å²) in [5.41, 5.74) is 6.10. The van der Waals surface area contributed by atoms with Gasteiger partial charge in [0.05, 0.1) is 5.70 Å². The molecule has 1 heterocycles. The number of carbonyl (C=O) groups excluding carboxylic acids is 1. The number of anilines is 1. The first-order chi connectivity index (χ1) is 11.6. The van der Waals surface area contributed by atoms with Crippen LogP contribution in [0.2, 0.25) is 0 Å². The van der Waals surface area contributed by atoms with E-state index in [1.54, 1.807) is 6.07 Å². The topological polar surface area (TPSA) is 56.8 Å². The molecular weight excluding hydrogens is 304 g/mol. The second kappa shape index (κ2) is 7.06. The van der Waals surface area contributed by atoms with Crippen molar-refractivity contribution in [3.8, 4) is 5.75 Å². The highest BCUT2D eigenvalue weighted by Crippen LogP contribution is 2.22. The summed E-state index contributed by atoms with van der Waals surface area (Å²) in [4.78, 5) is 11.1. The minimum absolute atomic E-state index is 0.106. The standard InChI is InChI=1S/C18H20N4O2/c1-14(23)19-16-9-6-10-17(11-16)24-13-22-12-18(21(2)20-22)15-7-4-3-5-8-15/h3-12,20H,13H2,1-2H3,(H,19,23). The van der Waals surface area contributed by atoms with E-state index in [4.69, 9.17) is 4.74 Å². The van der Waals surface area contributed by atoms with Crippen LogP contribution in [0.5, 0.6) is 5.75 Å². The normalized spacial score (nSPS) is 13.7. The molecule has 0 spiro atoms. The van der Waals surface area contributed by atoms with Crippen molar-refractivity contribution in [1.82, 2.24) is 15.6 Å². The molecule has 2 aromatic rings. The number of amides is 1. The molecule has 124 valence electrons. The summed E-state index contributed by atoms with van der Waals surface area (Å²) in [6.45, 7) is 1.82. The lowest BCUT2D eigenvalue weighted by Crippen LogP contribution is -2.39. The Labute approximate surface area is 141 Å². The molecule has 0 aromatic heterocycles. The van der Waals surface area contributed by atoms with Gasteiger partial charge in [0, 0.05) is 37.5 Å². The zero-order chi connectivity index (χ0) is 16.9. The first-order valence-electron chi connectivity index (χ1n) is 7.66. The third-order valence-electron chi connectivity index (χ3n) is 3.51. The van der Waals surface area contributed by atoms with Gasteiger partial charge in [0.2, 0.25) is 5.91 Å². The minimum Gasteiger partial charge on any atom is -0.472 e. The number of nitrogens with zero attached hydrogens (tertiary/aromatic N) is 2. The van der Waals surface area contributed by atoms with Crippen LogP contribution in [0.3, 0.4) is 0 Å². The number of carbonyl (C=O) groups is 1. The van der Waals surface area contributed by atoms with Crippen LogP contribution >= 0.6 is 0 Å². The molecule has 1 aliphatic rings. The first kappa shape index (κ1) is 15.9. The van der Waals surface area contributed by atoms with E-state index < -0.39 is 0 Å². The van der Waals surface area contributed by atoms with E-state index in [0.29, 0.717) is 18.2 Å². The van der Waals surface area contributed by atoms with Gasteiger partial charge < -0.3 is 10.1 Å². The van der Waals surface area contributed by atoms with Crippen LogP contribution in [0.1, 0.15) is 12.5 Å². The lowest BCUT2D eigenvalue weighted by molar-refractivity contribution is -0.114. The average Bonchev–Trinajstić information content (AvgIpc) is 2.94. The van der Waals surface area contributed by atoms with Crippen LogP contribution in [0.15, 0.2) is 60.8 Å². The molecule has 2 N–H and O–H groups in total. The zero-order valence-corrected chi connectivity index (χ0v) is 13.7. The van der Waals surface area contributed by atoms with Crippen LogP contribution in [0.25, 0.3) is 5.70 Å². The molecule has 0 unspecified atom stereocenters. The van der Waals surface area contributed by atoms with Crippen LogP contribution in [0, 0.1) is 0 Å². The highest BCUT2D eigenvalue weighted by molar-refractivity contribution is 5.88. The Kier molecular flexibility index (Phi) is 4.67.